The number of aromatic nitrogens is 3. The molecule has 2 heterocycles. The van der Waals surface area contributed by atoms with Gasteiger partial charge in [0.2, 0.25) is 0 Å². The average molecular weight is 281 g/mol. The summed E-state index contributed by atoms with van der Waals surface area (Å²) in [4.78, 5) is 3.87. The van der Waals surface area contributed by atoms with E-state index in [-0.39, 0.29) is 16.5 Å². The van der Waals surface area contributed by atoms with E-state index in [1.165, 1.54) is 17.1 Å². The van der Waals surface area contributed by atoms with E-state index in [0.29, 0.717) is 6.54 Å². The van der Waals surface area contributed by atoms with Crippen LogP contribution in [0.2, 0.25) is 0 Å². The summed E-state index contributed by atoms with van der Waals surface area (Å²) in [6.45, 7) is 2.58. The molecule has 0 unspecified atom stereocenters. The molecule has 0 spiro atoms. The quantitative estimate of drug-likeness (QED) is 0.853. The van der Waals surface area contributed by atoms with Crippen molar-refractivity contribution in [2.45, 2.75) is 24.8 Å². The maximum absolute atomic E-state index is 12.2. The zero-order chi connectivity index (χ0) is 13.9. The van der Waals surface area contributed by atoms with E-state index >= 15 is 0 Å². The van der Waals surface area contributed by atoms with Crippen molar-refractivity contribution in [1.29, 1.82) is 0 Å². The van der Waals surface area contributed by atoms with Gasteiger partial charge in [0.05, 0.1) is 0 Å². The second-order valence-electron chi connectivity index (χ2n) is 3.96. The van der Waals surface area contributed by atoms with Crippen LogP contribution in [0, 0.1) is 0 Å². The van der Waals surface area contributed by atoms with E-state index in [1.807, 2.05) is 6.92 Å². The Balaban J connectivity index is 2.29. The minimum atomic E-state index is -3.76. The molecule has 102 valence electrons. The maximum atomic E-state index is 12.2. The molecule has 3 N–H and O–H groups in total. The smallest absolute Gasteiger partial charge is 0.268 e. The third-order valence-electron chi connectivity index (χ3n) is 2.40. The molecule has 0 fully saturated rings. The van der Waals surface area contributed by atoms with Crippen LogP contribution in [-0.4, -0.2) is 23.2 Å². The second-order valence-corrected chi connectivity index (χ2v) is 5.61. The monoisotopic (exact) mass is 281 g/mol. The SMILES string of the molecule is CCCn1cc(S(=O)(=O)Nc2ccccn2)c(N)n1. The van der Waals surface area contributed by atoms with Crippen LogP contribution in [0.1, 0.15) is 13.3 Å². The number of pyridine rings is 1. The Labute approximate surface area is 111 Å². The number of nitrogen functional groups attached to an aromatic ring is 1. The summed E-state index contributed by atoms with van der Waals surface area (Å²) in [6, 6.07) is 4.95. The van der Waals surface area contributed by atoms with Gasteiger partial charge in [0.15, 0.2) is 5.82 Å². The highest BCUT2D eigenvalue weighted by molar-refractivity contribution is 7.92. The molecular formula is C11H15N5O2S. The Kier molecular flexibility index (Phi) is 3.70. The van der Waals surface area contributed by atoms with Crippen LogP contribution in [0.25, 0.3) is 0 Å². The Morgan fingerprint density at radius 1 is 1.42 bits per heavy atom. The van der Waals surface area contributed by atoms with E-state index < -0.39 is 10.0 Å². The number of nitrogens with two attached hydrogens (primary N) is 1. The van der Waals surface area contributed by atoms with Gasteiger partial charge in [-0.05, 0) is 18.6 Å². The molecule has 2 rings (SSSR count). The summed E-state index contributed by atoms with van der Waals surface area (Å²) < 4.78 is 28.2. The predicted molar refractivity (Wildman–Crippen MR) is 72.0 cm³/mol. The summed E-state index contributed by atoms with van der Waals surface area (Å²) >= 11 is 0. The maximum Gasteiger partial charge on any atom is 0.268 e. The Hall–Kier alpha value is -2.09. The first kappa shape index (κ1) is 13.3. The van der Waals surface area contributed by atoms with Gasteiger partial charge in [-0.15, -0.1) is 0 Å². The first-order valence-corrected chi connectivity index (χ1v) is 7.28. The molecule has 0 aliphatic carbocycles. The summed E-state index contributed by atoms with van der Waals surface area (Å²) in [5.74, 6) is 0.224. The fourth-order valence-corrected chi connectivity index (χ4v) is 2.67. The van der Waals surface area contributed by atoms with Crippen LogP contribution in [0.5, 0.6) is 0 Å². The second kappa shape index (κ2) is 5.27. The lowest BCUT2D eigenvalue weighted by Gasteiger charge is -2.05. The van der Waals surface area contributed by atoms with Gasteiger partial charge < -0.3 is 5.73 Å². The molecule has 7 nitrogen and oxygen atoms in total. The van der Waals surface area contributed by atoms with Crippen molar-refractivity contribution in [3.05, 3.63) is 30.6 Å². The van der Waals surface area contributed by atoms with Crippen molar-refractivity contribution >= 4 is 21.7 Å². The van der Waals surface area contributed by atoms with Gasteiger partial charge in [0, 0.05) is 18.9 Å². The third kappa shape index (κ3) is 3.02. The van der Waals surface area contributed by atoms with E-state index in [9.17, 15) is 8.42 Å². The standard InChI is InChI=1S/C11H15N5O2S/c1-2-7-16-8-9(11(12)14-16)19(17,18)15-10-5-3-4-6-13-10/h3-6,8H,2,7H2,1H3,(H2,12,14)(H,13,15). The lowest BCUT2D eigenvalue weighted by atomic mass is 10.5. The van der Waals surface area contributed by atoms with Crippen molar-refractivity contribution in [2.75, 3.05) is 10.5 Å². The van der Waals surface area contributed by atoms with Gasteiger partial charge in [0.25, 0.3) is 10.0 Å². The summed E-state index contributed by atoms with van der Waals surface area (Å²) in [5.41, 5.74) is 5.64. The molecular weight excluding hydrogens is 266 g/mol. The van der Waals surface area contributed by atoms with Crippen molar-refractivity contribution in [3.63, 3.8) is 0 Å². The topological polar surface area (TPSA) is 103 Å². The minimum absolute atomic E-state index is 0.0168. The highest BCUT2D eigenvalue weighted by Gasteiger charge is 2.21. The molecule has 0 aliphatic heterocycles. The fraction of sp³-hybridized carbons (Fsp3) is 0.273. The number of rotatable bonds is 5. The molecule has 8 heteroatoms. The van der Waals surface area contributed by atoms with E-state index in [0.717, 1.165) is 6.42 Å². The van der Waals surface area contributed by atoms with Crippen LogP contribution < -0.4 is 10.5 Å². The number of hydrogen-bond donors (Lipinski definition) is 2. The molecule has 2 aromatic heterocycles. The van der Waals surface area contributed by atoms with Crippen molar-refractivity contribution in [2.24, 2.45) is 0 Å². The average Bonchev–Trinajstić information content (AvgIpc) is 2.72. The number of nitrogens with zero attached hydrogens (tertiary/aromatic N) is 3. The Bertz CT molecular complexity index is 651. The minimum Gasteiger partial charge on any atom is -0.381 e. The van der Waals surface area contributed by atoms with Gasteiger partial charge in [0.1, 0.15) is 10.7 Å². The van der Waals surface area contributed by atoms with Crippen molar-refractivity contribution in [1.82, 2.24) is 14.8 Å². The first-order chi connectivity index (χ1) is 9.03. The van der Waals surface area contributed by atoms with Crippen molar-refractivity contribution < 1.29 is 8.42 Å². The molecule has 0 radical (unpaired) electrons. The van der Waals surface area contributed by atoms with Crippen LogP contribution in [-0.2, 0) is 16.6 Å². The van der Waals surface area contributed by atoms with Gasteiger partial charge in [-0.1, -0.05) is 13.0 Å². The summed E-state index contributed by atoms with van der Waals surface area (Å²) in [7, 11) is -3.76. The Morgan fingerprint density at radius 2 is 2.21 bits per heavy atom. The lowest BCUT2D eigenvalue weighted by molar-refractivity contribution is 0.595. The van der Waals surface area contributed by atoms with Crippen LogP contribution in [0.15, 0.2) is 35.5 Å². The van der Waals surface area contributed by atoms with E-state index in [4.69, 9.17) is 5.73 Å². The van der Waals surface area contributed by atoms with E-state index in [1.54, 1.807) is 18.2 Å². The molecule has 0 bridgehead atoms. The van der Waals surface area contributed by atoms with Gasteiger partial charge in [-0.25, -0.2) is 13.4 Å². The largest absolute Gasteiger partial charge is 0.381 e. The van der Waals surface area contributed by atoms with Crippen molar-refractivity contribution in [3.8, 4) is 0 Å². The first-order valence-electron chi connectivity index (χ1n) is 5.79. The molecule has 0 saturated heterocycles. The number of nitrogens with one attached hydrogen (secondary N) is 1. The van der Waals surface area contributed by atoms with Gasteiger partial charge in [-0.2, -0.15) is 5.10 Å². The molecule has 0 saturated carbocycles. The zero-order valence-electron chi connectivity index (χ0n) is 10.4. The molecule has 2 aromatic rings. The summed E-state index contributed by atoms with van der Waals surface area (Å²) in [5, 5.41) is 3.96. The summed E-state index contributed by atoms with van der Waals surface area (Å²) in [6.07, 6.45) is 3.76. The molecule has 0 atom stereocenters. The van der Waals surface area contributed by atoms with Gasteiger partial charge in [-0.3, -0.25) is 9.40 Å². The number of anilines is 2. The highest BCUT2D eigenvalue weighted by Crippen LogP contribution is 2.19. The van der Waals surface area contributed by atoms with Crippen LogP contribution >= 0.6 is 0 Å². The predicted octanol–water partition coefficient (Wildman–Crippen LogP) is 1.07. The molecule has 0 aliphatic rings. The van der Waals surface area contributed by atoms with E-state index in [2.05, 4.69) is 14.8 Å². The number of aryl methyl sites for hydroxylation is 1. The van der Waals surface area contributed by atoms with Gasteiger partial charge >= 0.3 is 0 Å². The number of sulfonamides is 1. The van der Waals surface area contributed by atoms with Crippen LogP contribution in [0.3, 0.4) is 0 Å². The lowest BCUT2D eigenvalue weighted by Crippen LogP contribution is -2.14. The zero-order valence-corrected chi connectivity index (χ0v) is 11.3. The molecule has 19 heavy (non-hydrogen) atoms. The third-order valence-corrected chi connectivity index (χ3v) is 3.77. The molecule has 0 amide bonds. The van der Waals surface area contributed by atoms with Crippen LogP contribution in [0.4, 0.5) is 11.6 Å². The number of hydrogen-bond acceptors (Lipinski definition) is 5. The fourth-order valence-electron chi connectivity index (χ4n) is 1.58. The highest BCUT2D eigenvalue weighted by atomic mass is 32.2. The normalized spacial score (nSPS) is 11.4. The Morgan fingerprint density at radius 3 is 2.84 bits per heavy atom. The molecule has 0 aromatic carbocycles.